The first kappa shape index (κ1) is 12.8. The van der Waals surface area contributed by atoms with Crippen LogP contribution in [0.15, 0.2) is 22.0 Å². The van der Waals surface area contributed by atoms with Crippen molar-refractivity contribution >= 4 is 12.6 Å². The lowest BCUT2D eigenvalue weighted by atomic mass is 10.0. The Kier molecular flexibility index (Phi) is 5.99. The molecule has 0 spiro atoms. The fourth-order valence-corrected chi connectivity index (χ4v) is 1.99. The van der Waals surface area contributed by atoms with Crippen LogP contribution in [0.3, 0.4) is 0 Å². The van der Waals surface area contributed by atoms with Crippen molar-refractivity contribution in [2.24, 2.45) is 16.1 Å². The van der Waals surface area contributed by atoms with Gasteiger partial charge in [0.1, 0.15) is 0 Å². The van der Waals surface area contributed by atoms with E-state index in [0.717, 1.165) is 18.6 Å². The van der Waals surface area contributed by atoms with Gasteiger partial charge in [0, 0.05) is 0 Å². The molecule has 2 nitrogen and oxygen atoms in total. The highest BCUT2D eigenvalue weighted by molar-refractivity contribution is 7.80. The molecule has 15 heavy (non-hydrogen) atoms. The van der Waals surface area contributed by atoms with Gasteiger partial charge in [0.2, 0.25) is 0 Å². The van der Waals surface area contributed by atoms with Crippen molar-refractivity contribution in [3.05, 3.63) is 11.8 Å². The number of hydrogen-bond donors (Lipinski definition) is 1. The molecule has 0 saturated heterocycles. The lowest BCUT2D eigenvalue weighted by molar-refractivity contribution is 0.544. The molecule has 0 bridgehead atoms. The normalized spacial score (nSPS) is 20.0. The Hall–Kier alpha value is -0.310. The molecule has 1 heterocycles. The fraction of sp³-hybridized carbons (Fsp3) is 0.833. The van der Waals surface area contributed by atoms with E-state index in [4.69, 9.17) is 0 Å². The van der Waals surface area contributed by atoms with Crippen LogP contribution in [0, 0.1) is 5.92 Å². The quantitative estimate of drug-likeness (QED) is 0.496. The van der Waals surface area contributed by atoms with Crippen molar-refractivity contribution in [1.29, 1.82) is 0 Å². The summed E-state index contributed by atoms with van der Waals surface area (Å²) in [6, 6.07) is 0.352. The second kappa shape index (κ2) is 7.04. The molecule has 0 aromatic heterocycles. The summed E-state index contributed by atoms with van der Waals surface area (Å²) in [6.07, 6.45) is 8.14. The minimum Gasteiger partial charge on any atom is -0.181 e. The molecule has 86 valence electrons. The first-order valence-electron chi connectivity index (χ1n) is 5.94. The van der Waals surface area contributed by atoms with Crippen molar-refractivity contribution in [1.82, 2.24) is 0 Å². The van der Waals surface area contributed by atoms with Crippen molar-refractivity contribution in [3.8, 4) is 0 Å². The molecule has 1 aliphatic rings. The topological polar surface area (TPSA) is 24.7 Å². The maximum absolute atomic E-state index is 4.27. The number of thiol groups is 1. The average Bonchev–Trinajstić information content (AvgIpc) is 2.59. The highest BCUT2D eigenvalue weighted by Gasteiger charge is 2.13. The van der Waals surface area contributed by atoms with Gasteiger partial charge in [0.25, 0.3) is 0 Å². The second-order valence-corrected chi connectivity index (χ2v) is 5.05. The number of rotatable bonds is 7. The van der Waals surface area contributed by atoms with Crippen LogP contribution in [0.4, 0.5) is 0 Å². The number of unbranched alkanes of at least 4 members (excludes halogenated alkanes) is 2. The third-order valence-electron chi connectivity index (χ3n) is 2.52. The zero-order valence-electron chi connectivity index (χ0n) is 9.82. The molecule has 0 amide bonds. The summed E-state index contributed by atoms with van der Waals surface area (Å²) >= 11 is 4.20. The third kappa shape index (κ3) is 5.36. The van der Waals surface area contributed by atoms with Crippen LogP contribution in [0.2, 0.25) is 0 Å². The van der Waals surface area contributed by atoms with E-state index in [1.807, 2.05) is 0 Å². The summed E-state index contributed by atoms with van der Waals surface area (Å²) in [5.41, 5.74) is 1.19. The number of nitrogens with zero attached hydrogens (tertiary/aromatic N) is 2. The van der Waals surface area contributed by atoms with Crippen LogP contribution in [-0.4, -0.2) is 11.8 Å². The zero-order valence-corrected chi connectivity index (χ0v) is 10.7. The SMILES string of the molecule is CC(C)CC1C=C(CCCCCS)N=N1. The van der Waals surface area contributed by atoms with Crippen LogP contribution in [0.5, 0.6) is 0 Å². The van der Waals surface area contributed by atoms with Gasteiger partial charge in [-0.3, -0.25) is 0 Å². The predicted molar refractivity (Wildman–Crippen MR) is 68.5 cm³/mol. The van der Waals surface area contributed by atoms with E-state index in [1.165, 1.54) is 25.0 Å². The molecule has 3 heteroatoms. The van der Waals surface area contributed by atoms with Crippen LogP contribution in [-0.2, 0) is 0 Å². The number of azo groups is 1. The van der Waals surface area contributed by atoms with E-state index in [-0.39, 0.29) is 0 Å². The van der Waals surface area contributed by atoms with Gasteiger partial charge in [-0.15, -0.1) is 0 Å². The van der Waals surface area contributed by atoms with Crippen molar-refractivity contribution in [2.75, 3.05) is 5.75 Å². The molecule has 0 aromatic carbocycles. The van der Waals surface area contributed by atoms with E-state index in [2.05, 4.69) is 42.8 Å². The Labute approximate surface area is 98.7 Å². The fourth-order valence-electron chi connectivity index (χ4n) is 1.76. The molecule has 0 saturated carbocycles. The summed E-state index contributed by atoms with van der Waals surface area (Å²) in [4.78, 5) is 0. The molecule has 0 aliphatic carbocycles. The molecule has 1 rings (SSSR count). The Morgan fingerprint density at radius 3 is 2.80 bits per heavy atom. The van der Waals surface area contributed by atoms with Gasteiger partial charge in [-0.1, -0.05) is 20.3 Å². The highest BCUT2D eigenvalue weighted by atomic mass is 32.1. The molecule has 0 aromatic rings. The number of allylic oxidation sites excluding steroid dienone is 1. The largest absolute Gasteiger partial charge is 0.181 e. The number of hydrogen-bond acceptors (Lipinski definition) is 3. The van der Waals surface area contributed by atoms with Gasteiger partial charge in [0.15, 0.2) is 0 Å². The standard InChI is InChI=1S/C12H22N2S/c1-10(2)8-12-9-11(13-14-12)6-4-3-5-7-15/h9-10,12,15H,3-8H2,1-2H3. The molecule has 1 atom stereocenters. The van der Waals surface area contributed by atoms with Gasteiger partial charge in [-0.2, -0.15) is 22.9 Å². The maximum atomic E-state index is 4.27. The van der Waals surface area contributed by atoms with E-state index in [1.54, 1.807) is 0 Å². The van der Waals surface area contributed by atoms with Gasteiger partial charge in [-0.05, 0) is 43.4 Å². The van der Waals surface area contributed by atoms with Crippen molar-refractivity contribution in [2.45, 2.75) is 52.0 Å². The smallest absolute Gasteiger partial charge is 0.0916 e. The monoisotopic (exact) mass is 226 g/mol. The Balaban J connectivity index is 2.18. The molecule has 0 N–H and O–H groups in total. The second-order valence-electron chi connectivity index (χ2n) is 4.60. The van der Waals surface area contributed by atoms with Gasteiger partial charge in [0.05, 0.1) is 11.7 Å². The minimum atomic E-state index is 0.352. The summed E-state index contributed by atoms with van der Waals surface area (Å²) in [5.74, 6) is 1.70. The lowest BCUT2D eigenvalue weighted by Gasteiger charge is -2.05. The van der Waals surface area contributed by atoms with E-state index >= 15 is 0 Å². The van der Waals surface area contributed by atoms with E-state index in [9.17, 15) is 0 Å². The first-order chi connectivity index (χ1) is 7.22. The average molecular weight is 226 g/mol. The maximum Gasteiger partial charge on any atom is 0.0916 e. The third-order valence-corrected chi connectivity index (χ3v) is 2.84. The molecule has 0 radical (unpaired) electrons. The Morgan fingerprint density at radius 2 is 2.13 bits per heavy atom. The first-order valence-corrected chi connectivity index (χ1v) is 6.58. The van der Waals surface area contributed by atoms with Crippen LogP contribution < -0.4 is 0 Å². The summed E-state index contributed by atoms with van der Waals surface area (Å²) < 4.78 is 0. The van der Waals surface area contributed by atoms with Gasteiger partial charge >= 0.3 is 0 Å². The molecule has 1 unspecified atom stereocenters. The van der Waals surface area contributed by atoms with Crippen molar-refractivity contribution in [3.63, 3.8) is 0 Å². The lowest BCUT2D eigenvalue weighted by Crippen LogP contribution is -2.01. The molecule has 1 aliphatic heterocycles. The molecular formula is C12H22N2S. The van der Waals surface area contributed by atoms with Crippen molar-refractivity contribution < 1.29 is 0 Å². The van der Waals surface area contributed by atoms with Crippen LogP contribution >= 0.6 is 12.6 Å². The van der Waals surface area contributed by atoms with E-state index < -0.39 is 0 Å². The zero-order chi connectivity index (χ0) is 11.1. The summed E-state index contributed by atoms with van der Waals surface area (Å²) in [7, 11) is 0. The molecular weight excluding hydrogens is 204 g/mol. The highest BCUT2D eigenvalue weighted by Crippen LogP contribution is 2.22. The van der Waals surface area contributed by atoms with Crippen LogP contribution in [0.1, 0.15) is 46.0 Å². The van der Waals surface area contributed by atoms with Gasteiger partial charge < -0.3 is 0 Å². The summed E-state index contributed by atoms with van der Waals surface area (Å²) in [6.45, 7) is 4.46. The minimum absolute atomic E-state index is 0.352. The molecule has 0 fully saturated rings. The summed E-state index contributed by atoms with van der Waals surface area (Å²) in [5, 5.41) is 8.51. The van der Waals surface area contributed by atoms with E-state index in [0.29, 0.717) is 12.0 Å². The predicted octanol–water partition coefficient (Wildman–Crippen LogP) is 4.24. The van der Waals surface area contributed by atoms with Gasteiger partial charge in [-0.25, -0.2) is 0 Å². The Bertz CT molecular complexity index is 234. The van der Waals surface area contributed by atoms with Crippen LogP contribution in [0.25, 0.3) is 0 Å². The Morgan fingerprint density at radius 1 is 1.33 bits per heavy atom.